The largest absolute Gasteiger partial charge is 0.506 e. The number of nitrogens with two attached hydrogens (primary N) is 2. The third kappa shape index (κ3) is 1.59. The Hall–Kier alpha value is -1.29. The summed E-state index contributed by atoms with van der Waals surface area (Å²) in [5, 5.41) is 9.01. The fraction of sp³-hybridized carbons (Fsp3) is 0.286. The molecule has 0 radical (unpaired) electrons. The van der Waals surface area contributed by atoms with Crippen LogP contribution in [0.4, 0.5) is 5.82 Å². The Labute approximate surface area is 64.9 Å². The average Bonchev–Trinajstić information content (AvgIpc) is 1.94. The Balaban J connectivity index is 3.13. The van der Waals surface area contributed by atoms with Crippen molar-refractivity contribution in [1.29, 1.82) is 0 Å². The third-order valence-electron chi connectivity index (χ3n) is 1.43. The predicted octanol–water partition coefficient (Wildman–Crippen LogP) is 0.389. The van der Waals surface area contributed by atoms with Gasteiger partial charge in [-0.3, -0.25) is 0 Å². The van der Waals surface area contributed by atoms with Crippen molar-refractivity contribution < 1.29 is 5.11 Å². The summed E-state index contributed by atoms with van der Waals surface area (Å²) < 4.78 is 0. The van der Waals surface area contributed by atoms with Gasteiger partial charge >= 0.3 is 0 Å². The van der Waals surface area contributed by atoms with Crippen LogP contribution in [0, 0.1) is 0 Å². The van der Waals surface area contributed by atoms with Gasteiger partial charge in [0.15, 0.2) is 0 Å². The highest BCUT2D eigenvalue weighted by atomic mass is 16.3. The molecule has 1 aromatic rings. The van der Waals surface area contributed by atoms with Gasteiger partial charge in [-0.2, -0.15) is 0 Å². The number of anilines is 1. The number of pyridine rings is 1. The van der Waals surface area contributed by atoms with E-state index in [0.717, 1.165) is 0 Å². The summed E-state index contributed by atoms with van der Waals surface area (Å²) in [7, 11) is 0. The molecule has 1 rings (SSSR count). The van der Waals surface area contributed by atoms with Crippen molar-refractivity contribution in [3.05, 3.63) is 17.8 Å². The highest BCUT2D eigenvalue weighted by Gasteiger charge is 2.05. The molecule has 0 bridgehead atoms. The van der Waals surface area contributed by atoms with E-state index in [1.54, 1.807) is 6.92 Å². The van der Waals surface area contributed by atoms with Gasteiger partial charge in [-0.05, 0) is 13.0 Å². The average molecular weight is 153 g/mol. The Morgan fingerprint density at radius 2 is 2.27 bits per heavy atom. The molecule has 0 spiro atoms. The molecule has 0 fully saturated rings. The lowest BCUT2D eigenvalue weighted by molar-refractivity contribution is 0.471. The molecule has 0 saturated heterocycles. The van der Waals surface area contributed by atoms with Crippen molar-refractivity contribution in [1.82, 2.24) is 4.98 Å². The normalized spacial score (nSPS) is 12.9. The van der Waals surface area contributed by atoms with Crippen LogP contribution in [-0.2, 0) is 0 Å². The smallest absolute Gasteiger partial charge is 0.134 e. The maximum Gasteiger partial charge on any atom is 0.134 e. The SMILES string of the molecule is CC(N)c1cc(O)cnc1N. The van der Waals surface area contributed by atoms with Crippen molar-refractivity contribution >= 4 is 5.82 Å². The molecule has 60 valence electrons. The summed E-state index contributed by atoms with van der Waals surface area (Å²) in [6, 6.07) is 1.32. The first-order chi connectivity index (χ1) is 5.11. The van der Waals surface area contributed by atoms with E-state index in [9.17, 15) is 0 Å². The number of hydrogen-bond donors (Lipinski definition) is 3. The highest BCUT2D eigenvalue weighted by molar-refractivity contribution is 5.44. The molecule has 1 heterocycles. The molecule has 11 heavy (non-hydrogen) atoms. The summed E-state index contributed by atoms with van der Waals surface area (Å²) in [5.74, 6) is 0.462. The van der Waals surface area contributed by atoms with Gasteiger partial charge in [0.1, 0.15) is 11.6 Å². The second kappa shape index (κ2) is 2.75. The van der Waals surface area contributed by atoms with Crippen LogP contribution in [0.3, 0.4) is 0 Å². The van der Waals surface area contributed by atoms with Gasteiger partial charge in [0.05, 0.1) is 6.20 Å². The molecular weight excluding hydrogens is 142 g/mol. The predicted molar refractivity (Wildman–Crippen MR) is 42.9 cm³/mol. The molecular formula is C7H11N3O. The van der Waals surface area contributed by atoms with Crippen LogP contribution in [0.25, 0.3) is 0 Å². The summed E-state index contributed by atoms with van der Waals surface area (Å²) in [4.78, 5) is 3.75. The molecule has 4 nitrogen and oxygen atoms in total. The molecule has 4 heteroatoms. The Kier molecular flexibility index (Phi) is 1.96. The zero-order valence-electron chi connectivity index (χ0n) is 6.28. The van der Waals surface area contributed by atoms with Gasteiger partial charge in [-0.25, -0.2) is 4.98 Å². The molecule has 0 aliphatic heterocycles. The molecule has 1 unspecified atom stereocenters. The second-order valence-electron chi connectivity index (χ2n) is 2.46. The van der Waals surface area contributed by atoms with E-state index < -0.39 is 0 Å². The lowest BCUT2D eigenvalue weighted by atomic mass is 10.1. The number of hydrogen-bond acceptors (Lipinski definition) is 4. The van der Waals surface area contributed by atoms with E-state index in [0.29, 0.717) is 11.4 Å². The molecule has 0 saturated carbocycles. The van der Waals surface area contributed by atoms with Crippen LogP contribution in [0.1, 0.15) is 18.5 Å². The van der Waals surface area contributed by atoms with Crippen LogP contribution in [0.2, 0.25) is 0 Å². The van der Waals surface area contributed by atoms with Crippen LogP contribution in [0.5, 0.6) is 5.75 Å². The minimum Gasteiger partial charge on any atom is -0.506 e. The number of nitrogen functional groups attached to an aromatic ring is 1. The zero-order chi connectivity index (χ0) is 8.43. The Morgan fingerprint density at radius 1 is 1.64 bits per heavy atom. The lowest BCUT2D eigenvalue weighted by Gasteiger charge is -2.07. The van der Waals surface area contributed by atoms with Crippen molar-refractivity contribution in [2.75, 3.05) is 5.73 Å². The maximum atomic E-state index is 9.01. The first kappa shape index (κ1) is 7.81. The molecule has 5 N–H and O–H groups in total. The molecule has 0 amide bonds. The van der Waals surface area contributed by atoms with Crippen LogP contribution in [0.15, 0.2) is 12.3 Å². The van der Waals surface area contributed by atoms with Gasteiger partial charge in [0.25, 0.3) is 0 Å². The zero-order valence-corrected chi connectivity index (χ0v) is 6.28. The van der Waals surface area contributed by atoms with Crippen molar-refractivity contribution in [2.24, 2.45) is 5.73 Å². The minimum absolute atomic E-state index is 0.0894. The Bertz CT molecular complexity index is 260. The summed E-state index contributed by atoms with van der Waals surface area (Å²) >= 11 is 0. The minimum atomic E-state index is -0.199. The van der Waals surface area contributed by atoms with E-state index in [4.69, 9.17) is 16.6 Å². The quantitative estimate of drug-likeness (QED) is 0.544. The number of rotatable bonds is 1. The molecule has 0 aromatic carbocycles. The summed E-state index contributed by atoms with van der Waals surface area (Å²) in [6.45, 7) is 1.78. The third-order valence-corrected chi connectivity index (χ3v) is 1.43. The molecule has 0 aliphatic rings. The molecule has 1 aromatic heterocycles. The van der Waals surface area contributed by atoms with Gasteiger partial charge in [-0.15, -0.1) is 0 Å². The lowest BCUT2D eigenvalue weighted by Crippen LogP contribution is -2.08. The summed E-state index contributed by atoms with van der Waals surface area (Å²) in [5.41, 5.74) is 11.7. The standard InChI is InChI=1S/C7H11N3O/c1-4(8)6-2-5(11)3-10-7(6)9/h2-4,11H,8H2,1H3,(H2,9,10). The van der Waals surface area contributed by atoms with Gasteiger partial charge < -0.3 is 16.6 Å². The van der Waals surface area contributed by atoms with Crippen LogP contribution < -0.4 is 11.5 Å². The van der Waals surface area contributed by atoms with E-state index >= 15 is 0 Å². The molecule has 1 atom stereocenters. The van der Waals surface area contributed by atoms with Crippen LogP contribution in [-0.4, -0.2) is 10.1 Å². The first-order valence-corrected chi connectivity index (χ1v) is 3.31. The van der Waals surface area contributed by atoms with E-state index in [2.05, 4.69) is 4.98 Å². The van der Waals surface area contributed by atoms with E-state index in [-0.39, 0.29) is 11.8 Å². The van der Waals surface area contributed by atoms with Crippen molar-refractivity contribution in [3.8, 4) is 5.75 Å². The van der Waals surface area contributed by atoms with E-state index in [1.165, 1.54) is 12.3 Å². The maximum absolute atomic E-state index is 9.01. The topological polar surface area (TPSA) is 85.2 Å². The van der Waals surface area contributed by atoms with E-state index in [1.807, 2.05) is 0 Å². The fourth-order valence-electron chi connectivity index (χ4n) is 0.845. The Morgan fingerprint density at radius 3 is 2.73 bits per heavy atom. The number of aromatic hydroxyl groups is 1. The fourth-order valence-corrected chi connectivity index (χ4v) is 0.845. The highest BCUT2D eigenvalue weighted by Crippen LogP contribution is 2.19. The van der Waals surface area contributed by atoms with Crippen LogP contribution >= 0.6 is 0 Å². The number of nitrogens with zero attached hydrogens (tertiary/aromatic N) is 1. The monoisotopic (exact) mass is 153 g/mol. The number of aromatic nitrogens is 1. The van der Waals surface area contributed by atoms with Gasteiger partial charge in [-0.1, -0.05) is 0 Å². The summed E-state index contributed by atoms with van der Waals surface area (Å²) in [6.07, 6.45) is 1.29. The first-order valence-electron chi connectivity index (χ1n) is 3.31. The molecule has 0 aliphatic carbocycles. The van der Waals surface area contributed by atoms with Crippen molar-refractivity contribution in [3.63, 3.8) is 0 Å². The van der Waals surface area contributed by atoms with Gasteiger partial charge in [0.2, 0.25) is 0 Å². The van der Waals surface area contributed by atoms with Crippen molar-refractivity contribution in [2.45, 2.75) is 13.0 Å². The van der Waals surface area contributed by atoms with Gasteiger partial charge in [0, 0.05) is 11.6 Å². The second-order valence-corrected chi connectivity index (χ2v) is 2.46.